The van der Waals surface area contributed by atoms with Crippen molar-refractivity contribution in [3.8, 4) is 5.75 Å². The number of aromatic hydroxyl groups is 1. The molecular formula is C10H12N2O5. The van der Waals surface area contributed by atoms with E-state index in [4.69, 9.17) is 0 Å². The van der Waals surface area contributed by atoms with Crippen LogP contribution in [0, 0.1) is 20.2 Å². The second kappa shape index (κ2) is 5.24. The minimum Gasteiger partial charge on any atom is -0.497 e. The largest absolute Gasteiger partial charge is 0.497 e. The van der Waals surface area contributed by atoms with Crippen molar-refractivity contribution in [1.29, 1.82) is 0 Å². The minimum absolute atomic E-state index is 0.489. The molecule has 7 heteroatoms. The van der Waals surface area contributed by atoms with Crippen molar-refractivity contribution in [2.45, 2.75) is 26.2 Å². The van der Waals surface area contributed by atoms with E-state index < -0.39 is 27.0 Å². The number of nitrogens with zero attached hydrogens (tertiary/aromatic N) is 2. The maximum Gasteiger partial charge on any atom is 0.318 e. The van der Waals surface area contributed by atoms with Gasteiger partial charge in [0.1, 0.15) is 0 Å². The molecule has 0 saturated carbocycles. The zero-order valence-electron chi connectivity index (χ0n) is 9.25. The number of phenols is 1. The smallest absolute Gasteiger partial charge is 0.318 e. The second-order valence-corrected chi connectivity index (χ2v) is 3.60. The van der Waals surface area contributed by atoms with Crippen LogP contribution >= 0.6 is 0 Å². The predicted molar refractivity (Wildman–Crippen MR) is 60.0 cm³/mol. The Kier molecular flexibility index (Phi) is 3.97. The first-order valence-corrected chi connectivity index (χ1v) is 5.12. The van der Waals surface area contributed by atoms with Gasteiger partial charge in [-0.25, -0.2) is 0 Å². The van der Waals surface area contributed by atoms with Crippen molar-refractivity contribution < 1.29 is 15.0 Å². The molecule has 0 atom stereocenters. The van der Waals surface area contributed by atoms with Gasteiger partial charge >= 0.3 is 11.4 Å². The fraction of sp³-hybridized carbons (Fsp3) is 0.400. The second-order valence-electron chi connectivity index (χ2n) is 3.60. The average molecular weight is 240 g/mol. The third kappa shape index (κ3) is 2.90. The Morgan fingerprint density at radius 1 is 1.18 bits per heavy atom. The molecule has 0 aromatic heterocycles. The van der Waals surface area contributed by atoms with Gasteiger partial charge in [-0.2, -0.15) is 0 Å². The summed E-state index contributed by atoms with van der Waals surface area (Å²) in [4.78, 5) is 19.6. The minimum atomic E-state index is -0.889. The quantitative estimate of drug-likeness (QED) is 0.628. The Morgan fingerprint density at radius 2 is 1.65 bits per heavy atom. The number of hydrogen-bond donors (Lipinski definition) is 1. The molecule has 0 spiro atoms. The molecule has 0 fully saturated rings. The monoisotopic (exact) mass is 240 g/mol. The Balaban J connectivity index is 3.26. The van der Waals surface area contributed by atoms with Crippen LogP contribution in [0.5, 0.6) is 5.75 Å². The number of aryl methyl sites for hydroxylation is 1. The van der Waals surface area contributed by atoms with E-state index in [0.717, 1.165) is 12.8 Å². The van der Waals surface area contributed by atoms with E-state index in [2.05, 4.69) is 0 Å². The molecule has 1 rings (SSSR count). The van der Waals surface area contributed by atoms with Crippen LogP contribution in [0.1, 0.15) is 25.3 Å². The van der Waals surface area contributed by atoms with E-state index in [0.29, 0.717) is 12.0 Å². The van der Waals surface area contributed by atoms with Crippen molar-refractivity contribution in [1.82, 2.24) is 0 Å². The van der Waals surface area contributed by atoms with E-state index in [1.807, 2.05) is 6.92 Å². The number of nitro benzene ring substituents is 2. The molecule has 1 aromatic rings. The molecule has 1 N–H and O–H groups in total. The molecule has 0 aliphatic carbocycles. The summed E-state index contributed by atoms with van der Waals surface area (Å²) in [5.74, 6) is -0.889. The van der Waals surface area contributed by atoms with Crippen molar-refractivity contribution in [2.24, 2.45) is 0 Å². The lowest BCUT2D eigenvalue weighted by Gasteiger charge is -2.02. The lowest BCUT2D eigenvalue weighted by molar-refractivity contribution is -0.396. The van der Waals surface area contributed by atoms with Gasteiger partial charge in [0.25, 0.3) is 5.75 Å². The van der Waals surface area contributed by atoms with E-state index in [1.165, 1.54) is 12.1 Å². The zero-order valence-corrected chi connectivity index (χ0v) is 9.25. The van der Waals surface area contributed by atoms with Gasteiger partial charge < -0.3 is 5.11 Å². The molecule has 0 radical (unpaired) electrons. The Hall–Kier alpha value is -2.18. The third-order valence-electron chi connectivity index (χ3n) is 2.34. The van der Waals surface area contributed by atoms with Crippen LogP contribution in [-0.2, 0) is 6.42 Å². The summed E-state index contributed by atoms with van der Waals surface area (Å²) in [7, 11) is 0. The predicted octanol–water partition coefficient (Wildman–Crippen LogP) is 2.55. The summed E-state index contributed by atoms with van der Waals surface area (Å²) in [5, 5.41) is 30.7. The first kappa shape index (κ1) is 12.9. The normalized spacial score (nSPS) is 10.2. The summed E-state index contributed by atoms with van der Waals surface area (Å²) in [5.41, 5.74) is -0.751. The number of nitro groups is 2. The fourth-order valence-corrected chi connectivity index (χ4v) is 1.46. The highest BCUT2D eigenvalue weighted by Gasteiger charge is 2.25. The van der Waals surface area contributed by atoms with Gasteiger partial charge in [0.05, 0.1) is 9.85 Å². The lowest BCUT2D eigenvalue weighted by atomic mass is 10.1. The van der Waals surface area contributed by atoms with Crippen molar-refractivity contribution in [3.05, 3.63) is 37.9 Å². The highest BCUT2D eigenvalue weighted by atomic mass is 16.6. The molecular weight excluding hydrogens is 228 g/mol. The fourth-order valence-electron chi connectivity index (χ4n) is 1.46. The summed E-state index contributed by atoms with van der Waals surface area (Å²) < 4.78 is 0. The number of hydrogen-bond acceptors (Lipinski definition) is 5. The van der Waals surface area contributed by atoms with Crippen LogP contribution in [0.25, 0.3) is 0 Å². The molecule has 7 nitrogen and oxygen atoms in total. The van der Waals surface area contributed by atoms with Crippen LogP contribution in [-0.4, -0.2) is 15.0 Å². The molecule has 17 heavy (non-hydrogen) atoms. The van der Waals surface area contributed by atoms with Gasteiger partial charge in [0, 0.05) is 12.1 Å². The Morgan fingerprint density at radius 3 is 2.00 bits per heavy atom. The molecule has 0 saturated heterocycles. The molecule has 0 unspecified atom stereocenters. The molecule has 0 bridgehead atoms. The molecule has 0 heterocycles. The molecule has 1 aromatic carbocycles. The number of rotatable bonds is 5. The summed E-state index contributed by atoms with van der Waals surface area (Å²) in [6, 6.07) is 2.36. The highest BCUT2D eigenvalue weighted by Crippen LogP contribution is 2.36. The Labute approximate surface area is 97.0 Å². The first-order chi connectivity index (χ1) is 7.97. The van der Waals surface area contributed by atoms with Crippen LogP contribution in [0.2, 0.25) is 0 Å². The number of phenolic OH excluding ortho intramolecular Hbond substituents is 1. The standard InChI is InChI=1S/C10H12N2O5/c1-2-3-4-7-5-8(11(14)15)10(13)9(6-7)12(16)17/h5-6,13H,2-4H2,1H3. The highest BCUT2D eigenvalue weighted by molar-refractivity contribution is 5.60. The van der Waals surface area contributed by atoms with Crippen molar-refractivity contribution in [3.63, 3.8) is 0 Å². The van der Waals surface area contributed by atoms with Gasteiger partial charge in [-0.3, -0.25) is 20.2 Å². The van der Waals surface area contributed by atoms with Crippen molar-refractivity contribution in [2.75, 3.05) is 0 Å². The SMILES string of the molecule is CCCCc1cc([N+](=O)[O-])c(O)c([N+](=O)[O-])c1. The zero-order chi connectivity index (χ0) is 13.0. The van der Waals surface area contributed by atoms with Gasteiger partial charge in [-0.05, 0) is 18.4 Å². The molecule has 92 valence electrons. The van der Waals surface area contributed by atoms with E-state index in [-0.39, 0.29) is 0 Å². The first-order valence-electron chi connectivity index (χ1n) is 5.12. The summed E-state index contributed by atoms with van der Waals surface area (Å²) in [6.45, 7) is 1.95. The summed E-state index contributed by atoms with van der Waals surface area (Å²) in [6.07, 6.45) is 2.17. The van der Waals surface area contributed by atoms with E-state index >= 15 is 0 Å². The van der Waals surface area contributed by atoms with Crippen LogP contribution < -0.4 is 0 Å². The van der Waals surface area contributed by atoms with Crippen molar-refractivity contribution >= 4 is 11.4 Å². The topological polar surface area (TPSA) is 107 Å². The maximum atomic E-state index is 10.6. The van der Waals surface area contributed by atoms with Gasteiger partial charge in [0.15, 0.2) is 0 Å². The summed E-state index contributed by atoms with van der Waals surface area (Å²) >= 11 is 0. The van der Waals surface area contributed by atoms with E-state index in [1.54, 1.807) is 0 Å². The maximum absolute atomic E-state index is 10.6. The number of benzene rings is 1. The van der Waals surface area contributed by atoms with E-state index in [9.17, 15) is 25.3 Å². The van der Waals surface area contributed by atoms with Gasteiger partial charge in [0.2, 0.25) is 0 Å². The van der Waals surface area contributed by atoms with Gasteiger partial charge in [-0.15, -0.1) is 0 Å². The third-order valence-corrected chi connectivity index (χ3v) is 2.34. The lowest BCUT2D eigenvalue weighted by Crippen LogP contribution is -1.97. The average Bonchev–Trinajstić information content (AvgIpc) is 2.26. The van der Waals surface area contributed by atoms with Crippen LogP contribution in [0.15, 0.2) is 12.1 Å². The van der Waals surface area contributed by atoms with Crippen LogP contribution in [0.3, 0.4) is 0 Å². The van der Waals surface area contributed by atoms with Gasteiger partial charge in [-0.1, -0.05) is 13.3 Å². The molecule has 0 amide bonds. The Bertz CT molecular complexity index is 423. The number of unbranched alkanes of at least 4 members (excludes halogenated alkanes) is 1. The molecule has 0 aliphatic rings. The van der Waals surface area contributed by atoms with Crippen LogP contribution in [0.4, 0.5) is 11.4 Å². The molecule has 0 aliphatic heterocycles.